The first kappa shape index (κ1) is 9.27. The van der Waals surface area contributed by atoms with Crippen LogP contribution in [0.4, 0.5) is 0 Å². The standard InChI is InChI=1S/C7H17N3/c1-4-6(5(2)3)10-7(8)9/h5-6H,4H2,1-3H3,(H4,8,9,10). The van der Waals surface area contributed by atoms with E-state index in [9.17, 15) is 0 Å². The molecule has 3 heteroatoms. The summed E-state index contributed by atoms with van der Waals surface area (Å²) in [5, 5.41) is 0. The Kier molecular flexibility index (Phi) is 3.84. The van der Waals surface area contributed by atoms with Gasteiger partial charge in [0, 0.05) is 0 Å². The maximum atomic E-state index is 5.23. The van der Waals surface area contributed by atoms with E-state index in [2.05, 4.69) is 25.8 Å². The van der Waals surface area contributed by atoms with Gasteiger partial charge in [0.15, 0.2) is 5.96 Å². The first-order chi connectivity index (χ1) is 4.57. The normalized spacial score (nSPS) is 13.2. The molecule has 0 heterocycles. The van der Waals surface area contributed by atoms with Crippen LogP contribution in [0.3, 0.4) is 0 Å². The molecule has 0 radical (unpaired) electrons. The molecule has 3 nitrogen and oxygen atoms in total. The monoisotopic (exact) mass is 143 g/mol. The molecule has 0 bridgehead atoms. The maximum Gasteiger partial charge on any atom is 0.186 e. The average Bonchev–Trinajstić information content (AvgIpc) is 1.81. The largest absolute Gasteiger partial charge is 0.370 e. The molecule has 4 N–H and O–H groups in total. The molecule has 0 saturated carbocycles. The van der Waals surface area contributed by atoms with Gasteiger partial charge in [0.25, 0.3) is 0 Å². The molecule has 0 aromatic carbocycles. The molecule has 0 rings (SSSR count). The Labute approximate surface area is 62.5 Å². The van der Waals surface area contributed by atoms with Crippen molar-refractivity contribution in [3.8, 4) is 0 Å². The summed E-state index contributed by atoms with van der Waals surface area (Å²) < 4.78 is 0. The number of aliphatic imine (C=N–C) groups is 1. The fourth-order valence-corrected chi connectivity index (χ4v) is 0.903. The second-order valence-electron chi connectivity index (χ2n) is 2.77. The van der Waals surface area contributed by atoms with Crippen molar-refractivity contribution < 1.29 is 0 Å². The molecule has 0 aromatic rings. The van der Waals surface area contributed by atoms with Gasteiger partial charge in [-0.25, -0.2) is 0 Å². The van der Waals surface area contributed by atoms with Crippen LogP contribution in [0.5, 0.6) is 0 Å². The lowest BCUT2D eigenvalue weighted by molar-refractivity contribution is 0.482. The Morgan fingerprint density at radius 1 is 1.40 bits per heavy atom. The van der Waals surface area contributed by atoms with Crippen LogP contribution in [0.2, 0.25) is 0 Å². The van der Waals surface area contributed by atoms with E-state index in [1.165, 1.54) is 0 Å². The van der Waals surface area contributed by atoms with Crippen molar-refractivity contribution >= 4 is 5.96 Å². The summed E-state index contributed by atoms with van der Waals surface area (Å²) in [6.45, 7) is 6.30. The minimum absolute atomic E-state index is 0.195. The lowest BCUT2D eigenvalue weighted by atomic mass is 10.0. The van der Waals surface area contributed by atoms with Crippen LogP contribution < -0.4 is 11.5 Å². The lowest BCUT2D eigenvalue weighted by Gasteiger charge is -2.13. The van der Waals surface area contributed by atoms with Gasteiger partial charge in [0.05, 0.1) is 6.04 Å². The minimum Gasteiger partial charge on any atom is -0.370 e. The molecule has 0 aliphatic rings. The zero-order chi connectivity index (χ0) is 8.15. The predicted molar refractivity (Wildman–Crippen MR) is 44.7 cm³/mol. The molecule has 0 aromatic heterocycles. The third-order valence-electron chi connectivity index (χ3n) is 1.50. The van der Waals surface area contributed by atoms with Crippen LogP contribution >= 0.6 is 0 Å². The van der Waals surface area contributed by atoms with Crippen LogP contribution in [0.15, 0.2) is 4.99 Å². The predicted octanol–water partition coefficient (Wildman–Crippen LogP) is 0.694. The van der Waals surface area contributed by atoms with Crippen molar-refractivity contribution in [1.29, 1.82) is 0 Å². The zero-order valence-corrected chi connectivity index (χ0v) is 6.96. The van der Waals surface area contributed by atoms with Gasteiger partial charge in [0.2, 0.25) is 0 Å². The first-order valence-corrected chi connectivity index (χ1v) is 3.66. The highest BCUT2D eigenvalue weighted by molar-refractivity contribution is 5.75. The highest BCUT2D eigenvalue weighted by atomic mass is 15.0. The van der Waals surface area contributed by atoms with Gasteiger partial charge in [-0.3, -0.25) is 4.99 Å². The zero-order valence-electron chi connectivity index (χ0n) is 6.96. The molecule has 1 unspecified atom stereocenters. The quantitative estimate of drug-likeness (QED) is 0.451. The van der Waals surface area contributed by atoms with Crippen molar-refractivity contribution in [2.24, 2.45) is 22.4 Å². The molecule has 0 fully saturated rings. The average molecular weight is 143 g/mol. The summed E-state index contributed by atoms with van der Waals surface area (Å²) in [6, 6.07) is 0.282. The van der Waals surface area contributed by atoms with E-state index in [0.29, 0.717) is 5.92 Å². The number of rotatable bonds is 3. The van der Waals surface area contributed by atoms with Gasteiger partial charge in [-0.05, 0) is 12.3 Å². The van der Waals surface area contributed by atoms with Gasteiger partial charge < -0.3 is 11.5 Å². The molecule has 0 aliphatic carbocycles. The smallest absolute Gasteiger partial charge is 0.186 e. The van der Waals surface area contributed by atoms with Gasteiger partial charge in [0.1, 0.15) is 0 Å². The third-order valence-corrected chi connectivity index (χ3v) is 1.50. The lowest BCUT2D eigenvalue weighted by Crippen LogP contribution is -2.27. The summed E-state index contributed by atoms with van der Waals surface area (Å²) in [4.78, 5) is 4.07. The molecule has 1 atom stereocenters. The summed E-state index contributed by atoms with van der Waals surface area (Å²) in [7, 11) is 0. The Morgan fingerprint density at radius 3 is 2.00 bits per heavy atom. The molecule has 0 saturated heterocycles. The van der Waals surface area contributed by atoms with Crippen LogP contribution in [0.1, 0.15) is 27.2 Å². The topological polar surface area (TPSA) is 64.4 Å². The fraction of sp³-hybridized carbons (Fsp3) is 0.857. The summed E-state index contributed by atoms with van der Waals surface area (Å²) in [5.74, 6) is 0.715. The number of guanidine groups is 1. The molecule has 10 heavy (non-hydrogen) atoms. The molecular formula is C7H17N3. The van der Waals surface area contributed by atoms with Crippen LogP contribution in [-0.2, 0) is 0 Å². The van der Waals surface area contributed by atoms with E-state index in [0.717, 1.165) is 6.42 Å². The maximum absolute atomic E-state index is 5.23. The number of nitrogens with zero attached hydrogens (tertiary/aromatic N) is 1. The number of hydrogen-bond acceptors (Lipinski definition) is 1. The Balaban J connectivity index is 3.96. The Bertz CT molecular complexity index is 114. The van der Waals surface area contributed by atoms with E-state index in [1.807, 2.05) is 0 Å². The summed E-state index contributed by atoms with van der Waals surface area (Å²) in [5.41, 5.74) is 10.5. The SMILES string of the molecule is CCC(N=C(N)N)C(C)C. The molecule has 0 amide bonds. The summed E-state index contributed by atoms with van der Waals surface area (Å²) in [6.07, 6.45) is 0.996. The summed E-state index contributed by atoms with van der Waals surface area (Å²) >= 11 is 0. The molecule has 60 valence electrons. The highest BCUT2D eigenvalue weighted by Gasteiger charge is 2.08. The second-order valence-corrected chi connectivity index (χ2v) is 2.77. The molecule has 0 spiro atoms. The van der Waals surface area contributed by atoms with Crippen molar-refractivity contribution in [3.05, 3.63) is 0 Å². The van der Waals surface area contributed by atoms with E-state index in [1.54, 1.807) is 0 Å². The molecule has 0 aliphatic heterocycles. The molecular weight excluding hydrogens is 126 g/mol. The van der Waals surface area contributed by atoms with E-state index in [4.69, 9.17) is 11.5 Å². The highest BCUT2D eigenvalue weighted by Crippen LogP contribution is 2.08. The first-order valence-electron chi connectivity index (χ1n) is 3.66. The Hall–Kier alpha value is -0.730. The third kappa shape index (κ3) is 3.33. The van der Waals surface area contributed by atoms with Crippen molar-refractivity contribution in [2.75, 3.05) is 0 Å². The van der Waals surface area contributed by atoms with Crippen LogP contribution in [0.25, 0.3) is 0 Å². The van der Waals surface area contributed by atoms with Crippen molar-refractivity contribution in [2.45, 2.75) is 33.2 Å². The van der Waals surface area contributed by atoms with E-state index >= 15 is 0 Å². The second kappa shape index (κ2) is 4.14. The van der Waals surface area contributed by atoms with E-state index < -0.39 is 0 Å². The number of nitrogens with two attached hydrogens (primary N) is 2. The fourth-order valence-electron chi connectivity index (χ4n) is 0.903. The van der Waals surface area contributed by atoms with Crippen LogP contribution in [0, 0.1) is 5.92 Å². The minimum atomic E-state index is 0.195. The van der Waals surface area contributed by atoms with Gasteiger partial charge in [-0.1, -0.05) is 20.8 Å². The number of hydrogen-bond donors (Lipinski definition) is 2. The van der Waals surface area contributed by atoms with Gasteiger partial charge in [-0.2, -0.15) is 0 Å². The van der Waals surface area contributed by atoms with Gasteiger partial charge >= 0.3 is 0 Å². The van der Waals surface area contributed by atoms with E-state index in [-0.39, 0.29) is 12.0 Å². The Morgan fingerprint density at radius 2 is 1.90 bits per heavy atom. The van der Waals surface area contributed by atoms with Crippen LogP contribution in [-0.4, -0.2) is 12.0 Å². The van der Waals surface area contributed by atoms with Crippen molar-refractivity contribution in [1.82, 2.24) is 0 Å². The van der Waals surface area contributed by atoms with Gasteiger partial charge in [-0.15, -0.1) is 0 Å². The van der Waals surface area contributed by atoms with Crippen molar-refractivity contribution in [3.63, 3.8) is 0 Å².